The highest BCUT2D eigenvalue weighted by Gasteiger charge is 2.18. The van der Waals surface area contributed by atoms with Crippen LogP contribution in [0.25, 0.3) is 10.9 Å². The van der Waals surface area contributed by atoms with Crippen molar-refractivity contribution in [3.8, 4) is 5.75 Å². The van der Waals surface area contributed by atoms with Crippen molar-refractivity contribution < 1.29 is 23.8 Å². The Labute approximate surface area is 201 Å². The van der Waals surface area contributed by atoms with Crippen LogP contribution in [0.4, 0.5) is 17.5 Å². The van der Waals surface area contributed by atoms with E-state index in [9.17, 15) is 9.59 Å². The molecule has 0 radical (unpaired) electrons. The van der Waals surface area contributed by atoms with Gasteiger partial charge in [0.15, 0.2) is 0 Å². The van der Waals surface area contributed by atoms with Gasteiger partial charge in [-0.2, -0.15) is 0 Å². The molecule has 3 N–H and O–H groups in total. The number of nitrogens with zero attached hydrogens (tertiary/aromatic N) is 4. The average molecular weight is 482 g/mol. The Morgan fingerprint density at radius 1 is 1.20 bits per heavy atom. The van der Waals surface area contributed by atoms with Crippen molar-refractivity contribution in [3.63, 3.8) is 0 Å². The molecule has 1 unspecified atom stereocenters. The van der Waals surface area contributed by atoms with Crippen molar-refractivity contribution in [3.05, 3.63) is 36.4 Å². The van der Waals surface area contributed by atoms with E-state index in [0.717, 1.165) is 12.2 Å². The minimum atomic E-state index is -0.355. The van der Waals surface area contributed by atoms with E-state index >= 15 is 0 Å². The van der Waals surface area contributed by atoms with Gasteiger partial charge < -0.3 is 30.2 Å². The van der Waals surface area contributed by atoms with Gasteiger partial charge in [-0.25, -0.2) is 19.9 Å². The van der Waals surface area contributed by atoms with E-state index in [1.165, 1.54) is 20.5 Å². The van der Waals surface area contributed by atoms with Gasteiger partial charge in [-0.05, 0) is 18.6 Å². The fraction of sp³-hybridized carbons (Fsp3) is 0.391. The van der Waals surface area contributed by atoms with Crippen molar-refractivity contribution in [2.24, 2.45) is 0 Å². The second kappa shape index (κ2) is 11.5. The number of hydrogen-bond acceptors (Lipinski definition) is 11. The highest BCUT2D eigenvalue weighted by Crippen LogP contribution is 2.33. The van der Waals surface area contributed by atoms with Crippen LogP contribution in [-0.4, -0.2) is 65.7 Å². The lowest BCUT2D eigenvalue weighted by atomic mass is 10.1. The maximum Gasteiger partial charge on any atom is 0.305 e. The number of anilines is 3. The summed E-state index contributed by atoms with van der Waals surface area (Å²) < 4.78 is 15.8. The number of amides is 1. The van der Waals surface area contributed by atoms with Gasteiger partial charge in [0, 0.05) is 43.6 Å². The molecule has 1 amide bonds. The molecule has 2 aromatic heterocycles. The average Bonchev–Trinajstić information content (AvgIpc) is 2.89. The van der Waals surface area contributed by atoms with Gasteiger partial charge in [0.05, 0.1) is 37.7 Å². The number of nitrogens with one attached hydrogen (secondary N) is 3. The number of rotatable bonds is 9. The van der Waals surface area contributed by atoms with E-state index in [4.69, 9.17) is 9.47 Å². The van der Waals surface area contributed by atoms with Crippen LogP contribution in [0, 0.1) is 0 Å². The van der Waals surface area contributed by atoms with Crippen molar-refractivity contribution in [2.75, 3.05) is 44.5 Å². The van der Waals surface area contributed by atoms with Gasteiger partial charge >= 0.3 is 5.97 Å². The van der Waals surface area contributed by atoms with Gasteiger partial charge in [0.25, 0.3) is 0 Å². The molecule has 3 aromatic rings. The number of aromatic nitrogens is 4. The Hall–Kier alpha value is -3.90. The third kappa shape index (κ3) is 6.16. The van der Waals surface area contributed by atoms with E-state index in [0.29, 0.717) is 53.7 Å². The molecule has 12 heteroatoms. The van der Waals surface area contributed by atoms with Crippen LogP contribution in [0.3, 0.4) is 0 Å². The molecule has 0 spiro atoms. The van der Waals surface area contributed by atoms with Gasteiger partial charge in [0.1, 0.15) is 24.0 Å². The zero-order valence-electron chi connectivity index (χ0n) is 19.5. The fourth-order valence-corrected chi connectivity index (χ4v) is 3.63. The van der Waals surface area contributed by atoms with Crippen molar-refractivity contribution in [1.82, 2.24) is 25.3 Å². The Balaban J connectivity index is 1.55. The molecule has 4 rings (SSSR count). The molecular weight excluding hydrogens is 454 g/mol. The molecular formula is C23H27N7O5. The zero-order chi connectivity index (χ0) is 24.6. The van der Waals surface area contributed by atoms with E-state index in [1.54, 1.807) is 18.3 Å². The summed E-state index contributed by atoms with van der Waals surface area (Å²) in [5.74, 6) is 0.671. The van der Waals surface area contributed by atoms with Crippen molar-refractivity contribution in [1.29, 1.82) is 0 Å². The molecule has 1 fully saturated rings. The number of ether oxygens (including phenoxy) is 3. The lowest BCUT2D eigenvalue weighted by molar-refractivity contribution is -0.140. The van der Waals surface area contributed by atoms with Crippen LogP contribution in [-0.2, 0) is 19.1 Å². The van der Waals surface area contributed by atoms with E-state index in [2.05, 4.69) is 40.6 Å². The molecule has 0 bridgehead atoms. The minimum absolute atomic E-state index is 0.153. The van der Waals surface area contributed by atoms with Gasteiger partial charge in [-0.15, -0.1) is 0 Å². The van der Waals surface area contributed by atoms with Gasteiger partial charge in [-0.1, -0.05) is 0 Å². The van der Waals surface area contributed by atoms with E-state index in [-0.39, 0.29) is 30.8 Å². The topological polar surface area (TPSA) is 149 Å². The molecule has 1 aliphatic heterocycles. The van der Waals surface area contributed by atoms with Crippen LogP contribution in [0.5, 0.6) is 5.75 Å². The lowest BCUT2D eigenvalue weighted by Crippen LogP contribution is -2.33. The van der Waals surface area contributed by atoms with Crippen LogP contribution in [0.2, 0.25) is 0 Å². The van der Waals surface area contributed by atoms with Gasteiger partial charge in [0.2, 0.25) is 11.9 Å². The first kappa shape index (κ1) is 24.2. The van der Waals surface area contributed by atoms with Crippen LogP contribution < -0.4 is 20.7 Å². The summed E-state index contributed by atoms with van der Waals surface area (Å²) in [6.45, 7) is 2.11. The number of carbonyl (C=O) groups excluding carboxylic acids is 2. The number of morpholine rings is 1. The zero-order valence-corrected chi connectivity index (χ0v) is 19.5. The summed E-state index contributed by atoms with van der Waals surface area (Å²) in [7, 11) is 2.83. The monoisotopic (exact) mass is 481 g/mol. The summed E-state index contributed by atoms with van der Waals surface area (Å²) in [5, 5.41) is 9.90. The Kier molecular flexibility index (Phi) is 7.95. The highest BCUT2D eigenvalue weighted by molar-refractivity contribution is 5.99. The minimum Gasteiger partial charge on any atom is -0.494 e. The molecule has 0 aliphatic carbocycles. The van der Waals surface area contributed by atoms with Gasteiger partial charge in [-0.3, -0.25) is 9.59 Å². The van der Waals surface area contributed by atoms with Crippen LogP contribution >= 0.6 is 0 Å². The predicted octanol–water partition coefficient (Wildman–Crippen LogP) is 2.11. The molecule has 1 saturated heterocycles. The van der Waals surface area contributed by atoms with Crippen LogP contribution in [0.15, 0.2) is 30.7 Å². The second-order valence-corrected chi connectivity index (χ2v) is 7.76. The summed E-state index contributed by atoms with van der Waals surface area (Å²) in [5.41, 5.74) is 1.82. The Bertz CT molecular complexity index is 1200. The van der Waals surface area contributed by atoms with Crippen LogP contribution in [0.1, 0.15) is 31.1 Å². The fourth-order valence-electron chi connectivity index (χ4n) is 3.63. The smallest absolute Gasteiger partial charge is 0.305 e. The normalized spacial score (nSPS) is 15.4. The molecule has 184 valence electrons. The van der Waals surface area contributed by atoms with Crippen molar-refractivity contribution >= 4 is 40.2 Å². The SMILES string of the molecule is COC(=O)CCCC(=O)Nc1cc2c(Nc3nccc(C4CNCCO4)n3)ncnc2cc1OC. The second-order valence-electron chi connectivity index (χ2n) is 7.76. The maximum absolute atomic E-state index is 12.4. The number of esters is 1. The molecule has 1 aliphatic rings. The van der Waals surface area contributed by atoms with Crippen molar-refractivity contribution in [2.45, 2.75) is 25.4 Å². The molecule has 3 heterocycles. The molecule has 1 aromatic carbocycles. The third-order valence-corrected chi connectivity index (χ3v) is 5.41. The standard InChI is InChI=1S/C23H27N7O5/c1-33-18-11-16-14(10-17(18)28-20(31)4-3-5-21(32)34-2)22(27-13-26-16)30-23-25-7-6-15(29-23)19-12-24-8-9-35-19/h6-7,10-11,13,19,24H,3-5,8-9,12H2,1-2H3,(H,28,31)(H,25,26,27,29,30). The number of methoxy groups -OCH3 is 2. The lowest BCUT2D eigenvalue weighted by Gasteiger charge is -2.23. The molecule has 0 saturated carbocycles. The maximum atomic E-state index is 12.4. The number of fused-ring (bicyclic) bond motifs is 1. The first-order valence-corrected chi connectivity index (χ1v) is 11.2. The summed E-state index contributed by atoms with van der Waals surface area (Å²) >= 11 is 0. The van der Waals surface area contributed by atoms with E-state index < -0.39 is 0 Å². The number of carbonyl (C=O) groups is 2. The molecule has 1 atom stereocenters. The number of benzene rings is 1. The Morgan fingerprint density at radius 2 is 2.09 bits per heavy atom. The predicted molar refractivity (Wildman–Crippen MR) is 127 cm³/mol. The highest BCUT2D eigenvalue weighted by atomic mass is 16.5. The third-order valence-electron chi connectivity index (χ3n) is 5.41. The molecule has 35 heavy (non-hydrogen) atoms. The summed E-state index contributed by atoms with van der Waals surface area (Å²) in [4.78, 5) is 41.3. The first-order chi connectivity index (χ1) is 17.1. The Morgan fingerprint density at radius 3 is 2.86 bits per heavy atom. The number of hydrogen-bond donors (Lipinski definition) is 3. The summed E-state index contributed by atoms with van der Waals surface area (Å²) in [6.07, 6.45) is 3.63. The summed E-state index contributed by atoms with van der Waals surface area (Å²) in [6, 6.07) is 5.26. The molecule has 12 nitrogen and oxygen atoms in total. The largest absolute Gasteiger partial charge is 0.494 e. The quantitative estimate of drug-likeness (QED) is 0.386. The van der Waals surface area contributed by atoms with E-state index in [1.807, 2.05) is 6.07 Å². The first-order valence-electron chi connectivity index (χ1n) is 11.2.